The number of anilines is 1. The number of amides is 1. The molecule has 1 amide bonds. The Morgan fingerprint density at radius 3 is 2.63 bits per heavy atom. The molecule has 0 unspecified atom stereocenters. The lowest BCUT2D eigenvalue weighted by Crippen LogP contribution is -2.37. The zero-order chi connectivity index (χ0) is 19.1. The van der Waals surface area contributed by atoms with Crippen LogP contribution in [0.25, 0.3) is 0 Å². The molecule has 1 saturated heterocycles. The van der Waals surface area contributed by atoms with Gasteiger partial charge in [0.25, 0.3) is 5.91 Å². The first-order valence-corrected chi connectivity index (χ1v) is 9.54. The van der Waals surface area contributed by atoms with E-state index in [1.165, 1.54) is 5.56 Å². The van der Waals surface area contributed by atoms with Gasteiger partial charge in [0.15, 0.2) is 0 Å². The second-order valence-electron chi connectivity index (χ2n) is 6.77. The number of aliphatic imine (C=N–C) groups is 1. The van der Waals surface area contributed by atoms with Crippen molar-refractivity contribution < 1.29 is 9.53 Å². The van der Waals surface area contributed by atoms with Gasteiger partial charge in [-0.15, -0.1) is 0 Å². The van der Waals surface area contributed by atoms with Crippen LogP contribution in [-0.4, -0.2) is 31.1 Å². The SMILES string of the molecule is CCc1ccc(C(=O)NC(=NC[C@H]2CCCO2)Nc2ccccc2C)cc1. The molecule has 27 heavy (non-hydrogen) atoms. The maximum atomic E-state index is 12.7. The van der Waals surface area contributed by atoms with Gasteiger partial charge in [0.05, 0.1) is 12.6 Å². The first-order valence-electron chi connectivity index (χ1n) is 9.54. The standard InChI is InChI=1S/C22H27N3O2/c1-3-17-10-12-18(13-11-17)21(26)25-22(23-15-19-8-6-14-27-19)24-20-9-5-4-7-16(20)2/h4-5,7,9-13,19H,3,6,8,14-15H2,1-2H3,(H2,23,24,25,26)/t19-/m1/s1. The molecular weight excluding hydrogens is 338 g/mol. The molecule has 0 aliphatic carbocycles. The average Bonchev–Trinajstić information content (AvgIpc) is 3.21. The highest BCUT2D eigenvalue weighted by Crippen LogP contribution is 2.15. The third-order valence-corrected chi connectivity index (χ3v) is 4.73. The van der Waals surface area contributed by atoms with E-state index < -0.39 is 0 Å². The molecule has 1 fully saturated rings. The molecule has 0 bridgehead atoms. The van der Waals surface area contributed by atoms with Crippen LogP contribution in [0.4, 0.5) is 5.69 Å². The predicted molar refractivity (Wildman–Crippen MR) is 109 cm³/mol. The van der Waals surface area contributed by atoms with Gasteiger partial charge in [0.1, 0.15) is 0 Å². The van der Waals surface area contributed by atoms with Crippen molar-refractivity contribution in [3.8, 4) is 0 Å². The van der Waals surface area contributed by atoms with E-state index in [0.29, 0.717) is 18.1 Å². The minimum absolute atomic E-state index is 0.124. The number of carbonyl (C=O) groups excluding carboxylic acids is 1. The molecule has 2 N–H and O–H groups in total. The number of hydrogen-bond acceptors (Lipinski definition) is 3. The molecule has 5 heteroatoms. The molecule has 2 aromatic carbocycles. The van der Waals surface area contributed by atoms with Gasteiger partial charge in [-0.2, -0.15) is 0 Å². The number of hydrogen-bond donors (Lipinski definition) is 2. The number of guanidine groups is 1. The fourth-order valence-corrected chi connectivity index (χ4v) is 3.00. The molecule has 1 aliphatic rings. The van der Waals surface area contributed by atoms with E-state index >= 15 is 0 Å². The van der Waals surface area contributed by atoms with Crippen molar-refractivity contribution in [1.82, 2.24) is 5.32 Å². The molecule has 3 rings (SSSR count). The van der Waals surface area contributed by atoms with E-state index in [-0.39, 0.29) is 12.0 Å². The van der Waals surface area contributed by atoms with Crippen LogP contribution in [0, 0.1) is 6.92 Å². The van der Waals surface area contributed by atoms with Crippen LogP contribution in [0.1, 0.15) is 41.3 Å². The summed E-state index contributed by atoms with van der Waals surface area (Å²) in [4.78, 5) is 17.3. The third kappa shape index (κ3) is 5.41. The number of para-hydroxylation sites is 1. The summed E-state index contributed by atoms with van der Waals surface area (Å²) in [6.45, 7) is 5.43. The van der Waals surface area contributed by atoms with Crippen LogP contribution < -0.4 is 10.6 Å². The summed E-state index contributed by atoms with van der Waals surface area (Å²) in [5.74, 6) is 0.272. The van der Waals surface area contributed by atoms with Crippen LogP contribution >= 0.6 is 0 Å². The summed E-state index contributed by atoms with van der Waals surface area (Å²) in [6, 6.07) is 15.6. The van der Waals surface area contributed by atoms with E-state index in [1.54, 1.807) is 0 Å². The first kappa shape index (κ1) is 19.1. The largest absolute Gasteiger partial charge is 0.376 e. The molecular formula is C22H27N3O2. The Balaban J connectivity index is 1.74. The Hall–Kier alpha value is -2.66. The first-order chi connectivity index (χ1) is 13.2. The predicted octanol–water partition coefficient (Wildman–Crippen LogP) is 3.93. The summed E-state index contributed by atoms with van der Waals surface area (Å²) in [5.41, 5.74) is 3.83. The van der Waals surface area contributed by atoms with Crippen molar-refractivity contribution >= 4 is 17.6 Å². The molecule has 0 radical (unpaired) electrons. The number of benzene rings is 2. The average molecular weight is 365 g/mol. The summed E-state index contributed by atoms with van der Waals surface area (Å²) in [5, 5.41) is 6.17. The maximum Gasteiger partial charge on any atom is 0.257 e. The van der Waals surface area contributed by atoms with Gasteiger partial charge in [-0.1, -0.05) is 37.3 Å². The number of nitrogens with zero attached hydrogens (tertiary/aromatic N) is 1. The van der Waals surface area contributed by atoms with Crippen molar-refractivity contribution in [1.29, 1.82) is 0 Å². The van der Waals surface area contributed by atoms with Crippen molar-refractivity contribution in [2.45, 2.75) is 39.2 Å². The molecule has 1 heterocycles. The van der Waals surface area contributed by atoms with E-state index in [0.717, 1.165) is 37.1 Å². The lowest BCUT2D eigenvalue weighted by molar-refractivity contribution is 0.0975. The number of ether oxygens (including phenoxy) is 1. The highest BCUT2D eigenvalue weighted by atomic mass is 16.5. The topological polar surface area (TPSA) is 62.7 Å². The fourth-order valence-electron chi connectivity index (χ4n) is 3.00. The van der Waals surface area contributed by atoms with Crippen molar-refractivity contribution in [2.24, 2.45) is 4.99 Å². The minimum atomic E-state index is -0.176. The van der Waals surface area contributed by atoms with Gasteiger partial charge in [-0.25, -0.2) is 4.99 Å². The van der Waals surface area contributed by atoms with E-state index in [1.807, 2.05) is 55.5 Å². The fraction of sp³-hybridized carbons (Fsp3) is 0.364. The Morgan fingerprint density at radius 1 is 1.19 bits per heavy atom. The molecule has 0 aromatic heterocycles. The number of carbonyl (C=O) groups is 1. The second-order valence-corrected chi connectivity index (χ2v) is 6.77. The number of nitrogens with one attached hydrogen (secondary N) is 2. The van der Waals surface area contributed by atoms with Gasteiger partial charge >= 0.3 is 0 Å². The van der Waals surface area contributed by atoms with E-state index in [9.17, 15) is 4.79 Å². The molecule has 142 valence electrons. The van der Waals surface area contributed by atoms with Crippen molar-refractivity contribution in [3.63, 3.8) is 0 Å². The lowest BCUT2D eigenvalue weighted by Gasteiger charge is -2.15. The smallest absolute Gasteiger partial charge is 0.257 e. The molecule has 0 saturated carbocycles. The van der Waals surface area contributed by atoms with Gasteiger partial charge in [-0.05, 0) is 55.5 Å². The highest BCUT2D eigenvalue weighted by Gasteiger charge is 2.16. The zero-order valence-corrected chi connectivity index (χ0v) is 16.0. The molecule has 2 aromatic rings. The molecule has 5 nitrogen and oxygen atoms in total. The van der Waals surface area contributed by atoms with Gasteiger partial charge in [0.2, 0.25) is 5.96 Å². The molecule has 0 spiro atoms. The van der Waals surface area contributed by atoms with Crippen LogP contribution in [0.3, 0.4) is 0 Å². The Morgan fingerprint density at radius 2 is 1.96 bits per heavy atom. The second kappa shape index (κ2) is 9.33. The number of rotatable bonds is 5. The van der Waals surface area contributed by atoms with Gasteiger partial charge in [-0.3, -0.25) is 10.1 Å². The Kier molecular flexibility index (Phi) is 6.60. The summed E-state index contributed by atoms with van der Waals surface area (Å²) >= 11 is 0. The number of aryl methyl sites for hydroxylation is 2. The molecule has 1 aliphatic heterocycles. The normalized spacial score (nSPS) is 17.0. The van der Waals surface area contributed by atoms with Crippen LogP contribution in [0.2, 0.25) is 0 Å². The van der Waals surface area contributed by atoms with E-state index in [4.69, 9.17) is 4.74 Å². The summed E-state index contributed by atoms with van der Waals surface area (Å²) in [7, 11) is 0. The van der Waals surface area contributed by atoms with Crippen LogP contribution in [-0.2, 0) is 11.2 Å². The quantitative estimate of drug-likeness (QED) is 0.623. The monoisotopic (exact) mass is 365 g/mol. The lowest BCUT2D eigenvalue weighted by atomic mass is 10.1. The Labute approximate surface area is 160 Å². The summed E-state index contributed by atoms with van der Waals surface area (Å²) < 4.78 is 5.64. The van der Waals surface area contributed by atoms with E-state index in [2.05, 4.69) is 22.5 Å². The molecule has 1 atom stereocenters. The maximum absolute atomic E-state index is 12.7. The Bertz CT molecular complexity index is 793. The van der Waals surface area contributed by atoms with Crippen molar-refractivity contribution in [3.05, 3.63) is 65.2 Å². The van der Waals surface area contributed by atoms with Gasteiger partial charge < -0.3 is 10.1 Å². The van der Waals surface area contributed by atoms with Crippen LogP contribution in [0.15, 0.2) is 53.5 Å². The zero-order valence-electron chi connectivity index (χ0n) is 16.0. The summed E-state index contributed by atoms with van der Waals surface area (Å²) in [6.07, 6.45) is 3.15. The van der Waals surface area contributed by atoms with Gasteiger partial charge in [0, 0.05) is 17.9 Å². The highest BCUT2D eigenvalue weighted by molar-refractivity contribution is 6.10. The van der Waals surface area contributed by atoms with Crippen LogP contribution in [0.5, 0.6) is 0 Å². The minimum Gasteiger partial charge on any atom is -0.376 e. The third-order valence-electron chi connectivity index (χ3n) is 4.73. The van der Waals surface area contributed by atoms with Crippen molar-refractivity contribution in [2.75, 3.05) is 18.5 Å².